The number of methoxy groups -OCH3 is 1. The summed E-state index contributed by atoms with van der Waals surface area (Å²) >= 11 is 2.00. The van der Waals surface area contributed by atoms with Crippen LogP contribution in [0.5, 0.6) is 0 Å². The fourth-order valence-corrected chi connectivity index (χ4v) is 3.69. The zero-order valence-corrected chi connectivity index (χ0v) is 12.5. The van der Waals surface area contributed by atoms with Gasteiger partial charge in [-0.05, 0) is 41.9 Å². The molecule has 1 aromatic rings. The van der Waals surface area contributed by atoms with Gasteiger partial charge in [-0.3, -0.25) is 0 Å². The lowest BCUT2D eigenvalue weighted by molar-refractivity contribution is 0.0601. The van der Waals surface area contributed by atoms with Gasteiger partial charge < -0.3 is 10.1 Å². The van der Waals surface area contributed by atoms with Gasteiger partial charge in [0.2, 0.25) is 0 Å². The average Bonchev–Trinajstić information content (AvgIpc) is 2.37. The van der Waals surface area contributed by atoms with Gasteiger partial charge in [0, 0.05) is 17.5 Å². The SMILES string of the molecule is COC(=O)c1ccc(NC2CSCC(C)(C)C2)cc1. The minimum absolute atomic E-state index is 0.291. The molecule has 2 rings (SSSR count). The van der Waals surface area contributed by atoms with Crippen LogP contribution >= 0.6 is 11.8 Å². The van der Waals surface area contributed by atoms with E-state index in [1.807, 2.05) is 23.9 Å². The Morgan fingerprint density at radius 1 is 1.37 bits per heavy atom. The molecule has 1 heterocycles. The fourth-order valence-electron chi connectivity index (χ4n) is 2.41. The second-order valence-corrected chi connectivity index (χ2v) is 6.82. The highest BCUT2D eigenvalue weighted by Gasteiger charge is 2.28. The summed E-state index contributed by atoms with van der Waals surface area (Å²) in [5, 5.41) is 3.55. The van der Waals surface area contributed by atoms with E-state index < -0.39 is 0 Å². The molecule has 1 N–H and O–H groups in total. The van der Waals surface area contributed by atoms with Gasteiger partial charge in [0.25, 0.3) is 0 Å². The smallest absolute Gasteiger partial charge is 0.337 e. The van der Waals surface area contributed by atoms with Crippen LogP contribution in [0.3, 0.4) is 0 Å². The monoisotopic (exact) mass is 279 g/mol. The van der Waals surface area contributed by atoms with Crippen molar-refractivity contribution < 1.29 is 9.53 Å². The van der Waals surface area contributed by atoms with Crippen molar-refractivity contribution in [3.63, 3.8) is 0 Å². The number of anilines is 1. The van der Waals surface area contributed by atoms with Crippen LogP contribution in [0.2, 0.25) is 0 Å². The Kier molecular flexibility index (Phi) is 4.40. The number of hydrogen-bond acceptors (Lipinski definition) is 4. The predicted molar refractivity (Wildman–Crippen MR) is 80.9 cm³/mol. The van der Waals surface area contributed by atoms with Crippen LogP contribution in [0.15, 0.2) is 24.3 Å². The summed E-state index contributed by atoms with van der Waals surface area (Å²) in [5.41, 5.74) is 2.05. The number of nitrogens with one attached hydrogen (secondary N) is 1. The molecule has 1 aliphatic heterocycles. The summed E-state index contributed by atoms with van der Waals surface area (Å²) in [6, 6.07) is 7.99. The molecule has 1 aliphatic rings. The predicted octanol–water partition coefficient (Wildman–Crippen LogP) is 3.42. The van der Waals surface area contributed by atoms with E-state index >= 15 is 0 Å². The van der Waals surface area contributed by atoms with Crippen LogP contribution in [0.25, 0.3) is 0 Å². The Labute approximate surface area is 119 Å². The number of ether oxygens (including phenoxy) is 1. The van der Waals surface area contributed by atoms with E-state index in [2.05, 4.69) is 19.2 Å². The van der Waals surface area contributed by atoms with Crippen LogP contribution < -0.4 is 5.32 Å². The number of esters is 1. The molecule has 0 radical (unpaired) electrons. The number of thioether (sulfide) groups is 1. The number of carbonyl (C=O) groups is 1. The summed E-state index contributed by atoms with van der Waals surface area (Å²) in [6.45, 7) is 4.63. The zero-order chi connectivity index (χ0) is 13.9. The van der Waals surface area contributed by atoms with Crippen LogP contribution in [0.1, 0.15) is 30.6 Å². The molecule has 0 aliphatic carbocycles. The molecular weight excluding hydrogens is 258 g/mol. The average molecular weight is 279 g/mol. The summed E-state index contributed by atoms with van der Waals surface area (Å²) in [5.74, 6) is 2.08. The Hall–Kier alpha value is -1.16. The van der Waals surface area contributed by atoms with Crippen LogP contribution in [0.4, 0.5) is 5.69 Å². The summed E-state index contributed by atoms with van der Waals surface area (Å²) in [4.78, 5) is 11.4. The second-order valence-electron chi connectivity index (χ2n) is 5.79. The van der Waals surface area contributed by atoms with E-state index in [1.165, 1.54) is 19.3 Å². The maximum absolute atomic E-state index is 11.4. The summed E-state index contributed by atoms with van der Waals surface area (Å²) in [6.07, 6.45) is 1.18. The fraction of sp³-hybridized carbons (Fsp3) is 0.533. The van der Waals surface area contributed by atoms with Gasteiger partial charge in [0.1, 0.15) is 0 Å². The summed E-state index contributed by atoms with van der Waals surface area (Å²) < 4.78 is 4.69. The number of hydrogen-bond donors (Lipinski definition) is 1. The van der Waals surface area contributed by atoms with Crippen molar-refractivity contribution in [2.75, 3.05) is 23.9 Å². The van der Waals surface area contributed by atoms with Crippen molar-refractivity contribution in [2.45, 2.75) is 26.3 Å². The minimum Gasteiger partial charge on any atom is -0.465 e. The van der Waals surface area contributed by atoms with Gasteiger partial charge in [-0.15, -0.1) is 0 Å². The molecular formula is C15H21NO2S. The molecule has 1 atom stereocenters. The van der Waals surface area contributed by atoms with Crippen molar-refractivity contribution in [2.24, 2.45) is 5.41 Å². The largest absolute Gasteiger partial charge is 0.465 e. The lowest BCUT2D eigenvalue weighted by atomic mass is 9.88. The van der Waals surface area contributed by atoms with Gasteiger partial charge in [0.15, 0.2) is 0 Å². The number of carbonyl (C=O) groups excluding carboxylic acids is 1. The Balaban J connectivity index is 1.98. The first-order chi connectivity index (χ1) is 9.00. The van der Waals surface area contributed by atoms with Gasteiger partial charge in [-0.2, -0.15) is 11.8 Å². The first kappa shape index (κ1) is 14.3. The van der Waals surface area contributed by atoms with Crippen molar-refractivity contribution in [1.29, 1.82) is 0 Å². The third kappa shape index (κ3) is 3.90. The van der Waals surface area contributed by atoms with Crippen LogP contribution in [-0.4, -0.2) is 30.6 Å². The molecule has 1 saturated heterocycles. The van der Waals surface area contributed by atoms with E-state index in [1.54, 1.807) is 12.1 Å². The van der Waals surface area contributed by atoms with Gasteiger partial charge in [-0.25, -0.2) is 4.79 Å². The first-order valence-electron chi connectivity index (χ1n) is 6.53. The van der Waals surface area contributed by atoms with E-state index in [0.29, 0.717) is 17.0 Å². The third-order valence-electron chi connectivity index (χ3n) is 3.29. The molecule has 1 unspecified atom stereocenters. The van der Waals surface area contributed by atoms with Crippen molar-refractivity contribution in [1.82, 2.24) is 0 Å². The molecule has 0 amide bonds. The van der Waals surface area contributed by atoms with Crippen molar-refractivity contribution >= 4 is 23.4 Å². The zero-order valence-electron chi connectivity index (χ0n) is 11.7. The maximum atomic E-state index is 11.4. The third-order valence-corrected chi connectivity index (χ3v) is 4.91. The van der Waals surface area contributed by atoms with Gasteiger partial charge >= 0.3 is 5.97 Å². The molecule has 0 spiro atoms. The normalized spacial score (nSPS) is 21.7. The molecule has 104 valence electrons. The molecule has 3 nitrogen and oxygen atoms in total. The Morgan fingerprint density at radius 3 is 2.63 bits per heavy atom. The molecule has 4 heteroatoms. The van der Waals surface area contributed by atoms with Crippen molar-refractivity contribution in [3.05, 3.63) is 29.8 Å². The first-order valence-corrected chi connectivity index (χ1v) is 7.68. The highest BCUT2D eigenvalue weighted by atomic mass is 32.2. The van der Waals surface area contributed by atoms with E-state index in [-0.39, 0.29) is 5.97 Å². The molecule has 0 saturated carbocycles. The van der Waals surface area contributed by atoms with Crippen LogP contribution in [0, 0.1) is 5.41 Å². The topological polar surface area (TPSA) is 38.3 Å². The van der Waals surface area contributed by atoms with Gasteiger partial charge in [-0.1, -0.05) is 13.8 Å². The lowest BCUT2D eigenvalue weighted by Gasteiger charge is -2.35. The number of rotatable bonds is 3. The molecule has 1 aromatic carbocycles. The quantitative estimate of drug-likeness (QED) is 0.860. The maximum Gasteiger partial charge on any atom is 0.337 e. The Morgan fingerprint density at radius 2 is 2.05 bits per heavy atom. The standard InChI is InChI=1S/C15H21NO2S/c1-15(2)8-13(9-19-10-15)16-12-6-4-11(5-7-12)14(17)18-3/h4-7,13,16H,8-10H2,1-3H3. The van der Waals surface area contributed by atoms with Crippen molar-refractivity contribution in [3.8, 4) is 0 Å². The van der Waals surface area contributed by atoms with Gasteiger partial charge in [0.05, 0.1) is 12.7 Å². The minimum atomic E-state index is -0.291. The van der Waals surface area contributed by atoms with E-state index in [9.17, 15) is 4.79 Å². The molecule has 0 aromatic heterocycles. The molecule has 1 fully saturated rings. The highest BCUT2D eigenvalue weighted by molar-refractivity contribution is 7.99. The van der Waals surface area contributed by atoms with Crippen LogP contribution in [-0.2, 0) is 4.74 Å². The highest BCUT2D eigenvalue weighted by Crippen LogP contribution is 2.34. The molecule has 19 heavy (non-hydrogen) atoms. The number of benzene rings is 1. The lowest BCUT2D eigenvalue weighted by Crippen LogP contribution is -2.35. The van der Waals surface area contributed by atoms with E-state index in [4.69, 9.17) is 4.74 Å². The Bertz CT molecular complexity index is 442. The second kappa shape index (κ2) is 5.87. The van der Waals surface area contributed by atoms with E-state index in [0.717, 1.165) is 11.4 Å². The molecule has 0 bridgehead atoms. The summed E-state index contributed by atoms with van der Waals surface area (Å²) in [7, 11) is 1.40.